The van der Waals surface area contributed by atoms with E-state index < -0.39 is 21.3 Å². The van der Waals surface area contributed by atoms with Crippen molar-refractivity contribution in [1.82, 2.24) is 10.2 Å². The van der Waals surface area contributed by atoms with E-state index in [1.54, 1.807) is 36.3 Å². The second kappa shape index (κ2) is 9.38. The minimum atomic E-state index is -3.22. The Kier molecular flexibility index (Phi) is 7.46. The van der Waals surface area contributed by atoms with Gasteiger partial charge in [-0.1, -0.05) is 13.0 Å². The lowest BCUT2D eigenvalue weighted by Gasteiger charge is -2.21. The number of likely N-dealkylation sites (N-methyl/N-ethyl adjacent to an activating group) is 1. The smallest absolute Gasteiger partial charge is 0.238 e. The Morgan fingerprint density at radius 3 is 2.56 bits per heavy atom. The van der Waals surface area contributed by atoms with Crippen LogP contribution in [0.3, 0.4) is 0 Å². The van der Waals surface area contributed by atoms with Gasteiger partial charge < -0.3 is 15.4 Å². The Hall–Kier alpha value is -1.84. The van der Waals surface area contributed by atoms with Crippen LogP contribution in [0.1, 0.15) is 6.92 Å². The van der Waals surface area contributed by atoms with Crippen LogP contribution in [0.15, 0.2) is 24.3 Å². The third-order valence-corrected chi connectivity index (χ3v) is 6.54. The van der Waals surface area contributed by atoms with Gasteiger partial charge in [0.25, 0.3) is 0 Å². The van der Waals surface area contributed by atoms with Crippen LogP contribution in [-0.2, 0) is 19.4 Å². The van der Waals surface area contributed by atoms with Crippen molar-refractivity contribution in [3.05, 3.63) is 24.3 Å². The Bertz CT molecular complexity index is 787. The topological polar surface area (TPSA) is 105 Å². The molecule has 2 N–H and O–H groups in total. The Labute approximate surface area is 164 Å². The molecule has 1 heterocycles. The molecule has 1 fully saturated rings. The molecule has 0 spiro atoms. The second-order valence-electron chi connectivity index (χ2n) is 6.35. The van der Waals surface area contributed by atoms with Gasteiger partial charge in [-0.3, -0.25) is 14.5 Å². The summed E-state index contributed by atoms with van der Waals surface area (Å²) in [6.07, 6.45) is 0. The van der Waals surface area contributed by atoms with Crippen LogP contribution in [0.2, 0.25) is 0 Å². The average Bonchev–Trinajstić information content (AvgIpc) is 2.85. The SMILES string of the molecule is CCN(CC(=O)Nc1cccc(OC)c1)CC(=O)N[C@@H]1CS(=O)(=O)C[C@@H]1Cl. The number of benzene rings is 1. The molecular formula is C17H24ClN3O5S. The number of nitrogens with zero attached hydrogens (tertiary/aromatic N) is 1. The van der Waals surface area contributed by atoms with Gasteiger partial charge in [0.1, 0.15) is 5.75 Å². The number of methoxy groups -OCH3 is 1. The van der Waals surface area contributed by atoms with Gasteiger partial charge in [-0.25, -0.2) is 8.42 Å². The van der Waals surface area contributed by atoms with Crippen LogP contribution in [-0.4, -0.2) is 74.8 Å². The van der Waals surface area contributed by atoms with Gasteiger partial charge >= 0.3 is 0 Å². The monoisotopic (exact) mass is 417 g/mol. The molecule has 0 saturated carbocycles. The van der Waals surface area contributed by atoms with Crippen LogP contribution in [0.5, 0.6) is 5.75 Å². The maximum Gasteiger partial charge on any atom is 0.238 e. The molecule has 0 unspecified atom stereocenters. The van der Waals surface area contributed by atoms with E-state index in [0.717, 1.165) is 0 Å². The van der Waals surface area contributed by atoms with Gasteiger partial charge in [0, 0.05) is 11.8 Å². The first-order valence-corrected chi connectivity index (χ1v) is 10.8. The molecule has 1 aliphatic heterocycles. The summed E-state index contributed by atoms with van der Waals surface area (Å²) in [5.41, 5.74) is 0.598. The van der Waals surface area contributed by atoms with Crippen LogP contribution in [0, 0.1) is 0 Å². The molecule has 10 heteroatoms. The number of hydrogen-bond acceptors (Lipinski definition) is 6. The Balaban J connectivity index is 1.85. The van der Waals surface area contributed by atoms with Crippen LogP contribution < -0.4 is 15.4 Å². The molecule has 0 aromatic heterocycles. The van der Waals surface area contributed by atoms with Crippen LogP contribution >= 0.6 is 11.6 Å². The number of carbonyl (C=O) groups excluding carboxylic acids is 2. The molecule has 2 atom stereocenters. The molecular weight excluding hydrogens is 394 g/mol. The van der Waals surface area contributed by atoms with E-state index >= 15 is 0 Å². The molecule has 1 aromatic rings. The third kappa shape index (κ3) is 6.67. The van der Waals surface area contributed by atoms with Gasteiger partial charge in [-0.15, -0.1) is 11.6 Å². The Morgan fingerprint density at radius 2 is 1.96 bits per heavy atom. The minimum absolute atomic E-state index is 0.0222. The molecule has 0 aliphatic carbocycles. The summed E-state index contributed by atoms with van der Waals surface area (Å²) in [5, 5.41) is 4.77. The zero-order chi connectivity index (χ0) is 20.0. The zero-order valence-corrected chi connectivity index (χ0v) is 16.8. The number of anilines is 1. The highest BCUT2D eigenvalue weighted by Crippen LogP contribution is 2.18. The van der Waals surface area contributed by atoms with Crippen LogP contribution in [0.25, 0.3) is 0 Å². The Morgan fingerprint density at radius 1 is 1.26 bits per heavy atom. The number of carbonyl (C=O) groups is 2. The summed E-state index contributed by atoms with van der Waals surface area (Å²) in [7, 11) is -1.68. The third-order valence-electron chi connectivity index (χ3n) is 4.16. The number of halogens is 1. The van der Waals surface area contributed by atoms with Gasteiger partial charge in [0.2, 0.25) is 11.8 Å². The van der Waals surface area contributed by atoms with E-state index in [0.29, 0.717) is 18.0 Å². The van der Waals surface area contributed by atoms with Crippen molar-refractivity contribution < 1.29 is 22.7 Å². The van der Waals surface area contributed by atoms with Crippen molar-refractivity contribution in [2.75, 3.05) is 43.6 Å². The summed E-state index contributed by atoms with van der Waals surface area (Å²) in [6.45, 7) is 2.30. The lowest BCUT2D eigenvalue weighted by atomic mass is 10.2. The predicted molar refractivity (Wildman–Crippen MR) is 104 cm³/mol. The average molecular weight is 418 g/mol. The maximum absolute atomic E-state index is 12.2. The molecule has 8 nitrogen and oxygen atoms in total. The summed E-state index contributed by atoms with van der Waals surface area (Å²) in [6, 6.07) is 6.36. The van der Waals surface area contributed by atoms with Crippen molar-refractivity contribution in [3.63, 3.8) is 0 Å². The lowest BCUT2D eigenvalue weighted by Crippen LogP contribution is -2.47. The molecule has 0 bridgehead atoms. The minimum Gasteiger partial charge on any atom is -0.497 e. The highest BCUT2D eigenvalue weighted by atomic mass is 35.5. The van der Waals surface area contributed by atoms with Crippen molar-refractivity contribution in [3.8, 4) is 5.75 Å². The van der Waals surface area contributed by atoms with E-state index in [2.05, 4.69) is 10.6 Å². The summed E-state index contributed by atoms with van der Waals surface area (Å²) < 4.78 is 28.2. The van der Waals surface area contributed by atoms with Gasteiger partial charge in [0.05, 0.1) is 43.1 Å². The van der Waals surface area contributed by atoms with Crippen molar-refractivity contribution in [2.24, 2.45) is 0 Å². The predicted octanol–water partition coefficient (Wildman–Crippen LogP) is 0.476. The van der Waals surface area contributed by atoms with Crippen molar-refractivity contribution >= 4 is 38.9 Å². The first-order valence-electron chi connectivity index (χ1n) is 8.52. The number of rotatable bonds is 8. The maximum atomic E-state index is 12.2. The number of ether oxygens (including phenoxy) is 1. The summed E-state index contributed by atoms with van der Waals surface area (Å²) >= 11 is 5.99. The second-order valence-corrected chi connectivity index (χ2v) is 9.06. The number of nitrogens with one attached hydrogen (secondary N) is 2. The van der Waals surface area contributed by atoms with Crippen molar-refractivity contribution in [1.29, 1.82) is 0 Å². The van der Waals surface area contributed by atoms with E-state index in [1.165, 1.54) is 0 Å². The van der Waals surface area contributed by atoms with Gasteiger partial charge in [0.15, 0.2) is 9.84 Å². The highest BCUT2D eigenvalue weighted by molar-refractivity contribution is 7.91. The fourth-order valence-corrected chi connectivity index (χ4v) is 5.33. The molecule has 2 rings (SSSR count). The first-order chi connectivity index (χ1) is 12.7. The standard InChI is InChI=1S/C17H24ClN3O5S/c1-3-21(8-16(22)19-12-5-4-6-13(7-12)26-2)9-17(23)20-15-11-27(24,25)10-14(15)18/h4-7,14-15H,3,8-11H2,1-2H3,(H,19,22)(H,20,23)/t14-,15+/m0/s1. The first kappa shape index (κ1) is 21.5. The molecule has 27 heavy (non-hydrogen) atoms. The molecule has 1 aliphatic rings. The van der Waals surface area contributed by atoms with E-state index in [1.807, 2.05) is 6.92 Å². The lowest BCUT2D eigenvalue weighted by molar-refractivity contribution is -0.123. The largest absolute Gasteiger partial charge is 0.497 e. The van der Waals surface area contributed by atoms with Gasteiger partial charge in [-0.2, -0.15) is 0 Å². The highest BCUT2D eigenvalue weighted by Gasteiger charge is 2.37. The fourth-order valence-electron chi connectivity index (χ4n) is 2.78. The van der Waals surface area contributed by atoms with Crippen LogP contribution in [0.4, 0.5) is 5.69 Å². The normalized spacial score (nSPS) is 21.0. The van der Waals surface area contributed by atoms with Gasteiger partial charge in [-0.05, 0) is 18.7 Å². The molecule has 150 valence electrons. The molecule has 2 amide bonds. The number of amides is 2. The molecule has 1 saturated heterocycles. The van der Waals surface area contributed by atoms with E-state index in [-0.39, 0.29) is 36.4 Å². The summed E-state index contributed by atoms with van der Waals surface area (Å²) in [4.78, 5) is 26.1. The zero-order valence-electron chi connectivity index (χ0n) is 15.3. The van der Waals surface area contributed by atoms with E-state index in [9.17, 15) is 18.0 Å². The number of hydrogen-bond donors (Lipinski definition) is 2. The summed E-state index contributed by atoms with van der Waals surface area (Å²) in [5.74, 6) is -0.299. The fraction of sp³-hybridized carbons (Fsp3) is 0.529. The molecule has 1 aromatic carbocycles. The number of alkyl halides is 1. The number of sulfone groups is 1. The molecule has 0 radical (unpaired) electrons. The quantitative estimate of drug-likeness (QED) is 0.596. The van der Waals surface area contributed by atoms with Crippen molar-refractivity contribution in [2.45, 2.75) is 18.3 Å². The van der Waals surface area contributed by atoms with E-state index in [4.69, 9.17) is 16.3 Å².